The quantitative estimate of drug-likeness (QED) is 0.567. The van der Waals surface area contributed by atoms with Crippen LogP contribution in [0.1, 0.15) is 5.56 Å². The van der Waals surface area contributed by atoms with E-state index in [-0.39, 0.29) is 5.69 Å². The molecule has 5 heteroatoms. The van der Waals surface area contributed by atoms with Crippen LogP contribution in [0.15, 0.2) is 24.3 Å². The van der Waals surface area contributed by atoms with Crippen LogP contribution in [0.3, 0.4) is 0 Å². The number of nitrogens with two attached hydrogens (primary N) is 1. The second kappa shape index (κ2) is 3.20. The summed E-state index contributed by atoms with van der Waals surface area (Å²) in [5.74, 6) is 0.455. The molecule has 0 saturated heterocycles. The molecule has 0 amide bonds. The summed E-state index contributed by atoms with van der Waals surface area (Å²) in [6.07, 6.45) is 0. The van der Waals surface area contributed by atoms with Gasteiger partial charge in [0.15, 0.2) is 0 Å². The minimum atomic E-state index is -0.425. The van der Waals surface area contributed by atoms with E-state index >= 15 is 0 Å². The van der Waals surface area contributed by atoms with E-state index in [0.717, 1.165) is 10.9 Å². The fourth-order valence-electron chi connectivity index (χ4n) is 1.40. The lowest BCUT2D eigenvalue weighted by molar-refractivity contribution is -0.384. The first-order valence-electron chi connectivity index (χ1n) is 4.39. The van der Waals surface area contributed by atoms with E-state index in [1.54, 1.807) is 12.1 Å². The van der Waals surface area contributed by atoms with Gasteiger partial charge in [0.25, 0.3) is 5.69 Å². The third-order valence-electron chi connectivity index (χ3n) is 2.24. The van der Waals surface area contributed by atoms with Crippen molar-refractivity contribution in [1.82, 2.24) is 4.98 Å². The number of benzene rings is 1. The zero-order chi connectivity index (χ0) is 11.0. The van der Waals surface area contributed by atoms with Crippen LogP contribution in [0.4, 0.5) is 11.5 Å². The van der Waals surface area contributed by atoms with Gasteiger partial charge in [0, 0.05) is 17.5 Å². The highest BCUT2D eigenvalue weighted by atomic mass is 16.6. The largest absolute Gasteiger partial charge is 0.383 e. The molecule has 0 unspecified atom stereocenters. The number of non-ortho nitro benzene ring substituents is 1. The van der Waals surface area contributed by atoms with Crippen LogP contribution in [0.2, 0.25) is 0 Å². The normalized spacial score (nSPS) is 10.5. The number of rotatable bonds is 1. The van der Waals surface area contributed by atoms with Gasteiger partial charge in [-0.25, -0.2) is 4.98 Å². The van der Waals surface area contributed by atoms with E-state index in [1.807, 2.05) is 6.92 Å². The Morgan fingerprint density at radius 1 is 1.40 bits per heavy atom. The molecule has 0 aliphatic heterocycles. The van der Waals surface area contributed by atoms with E-state index in [2.05, 4.69) is 4.98 Å². The molecule has 2 rings (SSSR count). The molecule has 0 spiro atoms. The minimum Gasteiger partial charge on any atom is -0.383 e. The van der Waals surface area contributed by atoms with Gasteiger partial charge in [0.2, 0.25) is 0 Å². The van der Waals surface area contributed by atoms with Gasteiger partial charge in [-0.1, -0.05) is 0 Å². The molecule has 1 aromatic heterocycles. The Morgan fingerprint density at radius 2 is 2.13 bits per heavy atom. The number of hydrogen-bond acceptors (Lipinski definition) is 4. The highest BCUT2D eigenvalue weighted by Crippen LogP contribution is 2.22. The molecule has 0 radical (unpaired) electrons. The van der Waals surface area contributed by atoms with Crippen LogP contribution in [0.25, 0.3) is 10.9 Å². The number of aromatic nitrogens is 1. The molecular formula is C10H9N3O2. The molecule has 1 aromatic carbocycles. The fourth-order valence-corrected chi connectivity index (χ4v) is 1.40. The maximum absolute atomic E-state index is 10.6. The first-order valence-corrected chi connectivity index (χ1v) is 4.39. The number of nitrogens with zero attached hydrogens (tertiary/aromatic N) is 2. The molecule has 0 saturated carbocycles. The Balaban J connectivity index is 2.72. The minimum absolute atomic E-state index is 0.0634. The van der Waals surface area contributed by atoms with E-state index in [0.29, 0.717) is 11.3 Å². The lowest BCUT2D eigenvalue weighted by atomic mass is 10.1. The molecule has 0 aliphatic carbocycles. The van der Waals surface area contributed by atoms with Crippen molar-refractivity contribution in [2.75, 3.05) is 5.73 Å². The van der Waals surface area contributed by atoms with Crippen LogP contribution in [0, 0.1) is 17.0 Å². The smallest absolute Gasteiger partial charge is 0.270 e. The van der Waals surface area contributed by atoms with Gasteiger partial charge in [-0.15, -0.1) is 0 Å². The van der Waals surface area contributed by atoms with Crippen molar-refractivity contribution >= 4 is 22.4 Å². The summed E-state index contributed by atoms with van der Waals surface area (Å²) in [7, 11) is 0. The van der Waals surface area contributed by atoms with Crippen LogP contribution in [-0.4, -0.2) is 9.91 Å². The Kier molecular flexibility index (Phi) is 2.00. The van der Waals surface area contributed by atoms with Crippen LogP contribution >= 0.6 is 0 Å². The zero-order valence-corrected chi connectivity index (χ0v) is 8.10. The third kappa shape index (κ3) is 1.59. The summed E-state index contributed by atoms with van der Waals surface area (Å²) in [4.78, 5) is 14.3. The number of nitro groups is 1. The number of nitro benzene ring substituents is 1. The Bertz CT molecular complexity index is 552. The van der Waals surface area contributed by atoms with Gasteiger partial charge >= 0.3 is 0 Å². The van der Waals surface area contributed by atoms with E-state index in [1.165, 1.54) is 12.1 Å². The predicted molar refractivity (Wildman–Crippen MR) is 57.5 cm³/mol. The number of anilines is 1. The summed E-state index contributed by atoms with van der Waals surface area (Å²) >= 11 is 0. The number of fused-ring (bicyclic) bond motifs is 1. The van der Waals surface area contributed by atoms with Gasteiger partial charge in [-0.3, -0.25) is 10.1 Å². The van der Waals surface area contributed by atoms with Crippen molar-refractivity contribution in [2.24, 2.45) is 0 Å². The Morgan fingerprint density at radius 3 is 2.80 bits per heavy atom. The molecule has 76 valence electrons. The van der Waals surface area contributed by atoms with E-state index in [9.17, 15) is 10.1 Å². The van der Waals surface area contributed by atoms with Gasteiger partial charge in [-0.05, 0) is 24.6 Å². The first kappa shape index (κ1) is 9.39. The molecule has 0 fully saturated rings. The predicted octanol–water partition coefficient (Wildman–Crippen LogP) is 2.03. The molecular weight excluding hydrogens is 194 g/mol. The Labute approximate surface area is 85.7 Å². The van der Waals surface area contributed by atoms with Crippen molar-refractivity contribution < 1.29 is 4.92 Å². The first-order chi connectivity index (χ1) is 7.08. The van der Waals surface area contributed by atoms with Crippen molar-refractivity contribution in [3.63, 3.8) is 0 Å². The van der Waals surface area contributed by atoms with E-state index < -0.39 is 4.92 Å². The second-order valence-corrected chi connectivity index (χ2v) is 3.32. The van der Waals surface area contributed by atoms with Crippen molar-refractivity contribution in [3.8, 4) is 0 Å². The van der Waals surface area contributed by atoms with Crippen molar-refractivity contribution in [1.29, 1.82) is 0 Å². The molecule has 2 N–H and O–H groups in total. The summed E-state index contributed by atoms with van der Waals surface area (Å²) < 4.78 is 0. The highest BCUT2D eigenvalue weighted by Gasteiger charge is 2.07. The Hall–Kier alpha value is -2.17. The molecule has 1 heterocycles. The average Bonchev–Trinajstić information content (AvgIpc) is 2.19. The van der Waals surface area contributed by atoms with Crippen LogP contribution < -0.4 is 5.73 Å². The lowest BCUT2D eigenvalue weighted by Crippen LogP contribution is -1.95. The standard InChI is InChI=1S/C10H9N3O2/c1-6-4-7-5-8(13(14)15)2-3-9(7)12-10(6)11/h2-5H,1H3,(H2,11,12). The summed E-state index contributed by atoms with van der Waals surface area (Å²) in [5.41, 5.74) is 7.19. The maximum Gasteiger partial charge on any atom is 0.270 e. The fraction of sp³-hybridized carbons (Fsp3) is 0.100. The number of pyridine rings is 1. The molecule has 0 aliphatic rings. The van der Waals surface area contributed by atoms with Crippen molar-refractivity contribution in [3.05, 3.63) is 39.9 Å². The van der Waals surface area contributed by atoms with Gasteiger partial charge < -0.3 is 5.73 Å². The van der Waals surface area contributed by atoms with Gasteiger partial charge in [0.05, 0.1) is 10.4 Å². The molecule has 0 bridgehead atoms. The van der Waals surface area contributed by atoms with Crippen LogP contribution in [-0.2, 0) is 0 Å². The zero-order valence-electron chi connectivity index (χ0n) is 8.10. The van der Waals surface area contributed by atoms with Gasteiger partial charge in [-0.2, -0.15) is 0 Å². The molecule has 2 aromatic rings. The van der Waals surface area contributed by atoms with Crippen LogP contribution in [0.5, 0.6) is 0 Å². The topological polar surface area (TPSA) is 82.0 Å². The highest BCUT2D eigenvalue weighted by molar-refractivity contribution is 5.83. The molecule has 0 atom stereocenters. The second-order valence-electron chi connectivity index (χ2n) is 3.32. The van der Waals surface area contributed by atoms with Gasteiger partial charge in [0.1, 0.15) is 5.82 Å². The molecule has 5 nitrogen and oxygen atoms in total. The number of aryl methyl sites for hydroxylation is 1. The third-order valence-corrected chi connectivity index (χ3v) is 2.24. The number of hydrogen-bond donors (Lipinski definition) is 1. The number of nitrogen functional groups attached to an aromatic ring is 1. The SMILES string of the molecule is Cc1cc2cc([N+](=O)[O-])ccc2nc1N. The van der Waals surface area contributed by atoms with E-state index in [4.69, 9.17) is 5.73 Å². The summed E-state index contributed by atoms with van der Waals surface area (Å²) in [5, 5.41) is 11.3. The summed E-state index contributed by atoms with van der Waals surface area (Å²) in [6.45, 7) is 1.82. The monoisotopic (exact) mass is 203 g/mol. The van der Waals surface area contributed by atoms with Crippen molar-refractivity contribution in [2.45, 2.75) is 6.92 Å². The molecule has 15 heavy (non-hydrogen) atoms. The summed E-state index contributed by atoms with van der Waals surface area (Å²) in [6, 6.07) is 6.31. The average molecular weight is 203 g/mol. The maximum atomic E-state index is 10.6. The lowest BCUT2D eigenvalue weighted by Gasteiger charge is -2.02.